The first-order chi connectivity index (χ1) is 8.61. The second-order valence-electron chi connectivity index (χ2n) is 4.80. The van der Waals surface area contributed by atoms with Gasteiger partial charge in [0.25, 0.3) is 0 Å². The Hall–Kier alpha value is -1.42. The fourth-order valence-corrected chi connectivity index (χ4v) is 2.69. The number of rotatable bonds is 4. The highest BCUT2D eigenvalue weighted by atomic mass is 19.1. The van der Waals surface area contributed by atoms with Gasteiger partial charge in [0.1, 0.15) is 5.82 Å². The smallest absolute Gasteiger partial charge is 0.307 e. The lowest BCUT2D eigenvalue weighted by molar-refractivity contribution is -0.141. The van der Waals surface area contributed by atoms with Gasteiger partial charge in [0.05, 0.1) is 5.92 Å². The predicted octanol–water partition coefficient (Wildman–Crippen LogP) is 2.68. The third kappa shape index (κ3) is 2.70. The normalized spacial score (nSPS) is 22.0. The highest BCUT2D eigenvalue weighted by Gasteiger charge is 2.32. The van der Waals surface area contributed by atoms with Crippen molar-refractivity contribution in [3.8, 4) is 0 Å². The summed E-state index contributed by atoms with van der Waals surface area (Å²) in [5.74, 6) is -1.25. The second-order valence-corrected chi connectivity index (χ2v) is 4.80. The molecule has 0 radical (unpaired) electrons. The summed E-state index contributed by atoms with van der Waals surface area (Å²) in [5, 5.41) is 9.01. The van der Waals surface area contributed by atoms with Crippen molar-refractivity contribution in [2.24, 2.45) is 5.92 Å². The standard InChI is InChI=1S/C14H18FNO2/c1-2-13(10-4-3-5-12(15)8-10)16-7-6-11(9-16)14(17)18/h3-5,8,11,13H,2,6-7,9H2,1H3,(H,17,18). The summed E-state index contributed by atoms with van der Waals surface area (Å²) in [6, 6.07) is 6.71. The van der Waals surface area contributed by atoms with Crippen molar-refractivity contribution < 1.29 is 14.3 Å². The molecule has 0 aliphatic carbocycles. The van der Waals surface area contributed by atoms with Crippen LogP contribution in [0.25, 0.3) is 0 Å². The predicted molar refractivity (Wildman–Crippen MR) is 66.7 cm³/mol. The minimum atomic E-state index is -0.730. The van der Waals surface area contributed by atoms with Crippen molar-refractivity contribution in [2.45, 2.75) is 25.8 Å². The third-order valence-corrected chi connectivity index (χ3v) is 3.63. The molecule has 1 aromatic carbocycles. The Morgan fingerprint density at radius 1 is 1.61 bits per heavy atom. The Morgan fingerprint density at radius 3 is 2.94 bits per heavy atom. The van der Waals surface area contributed by atoms with Gasteiger partial charge in [-0.15, -0.1) is 0 Å². The van der Waals surface area contributed by atoms with Gasteiger partial charge in [0, 0.05) is 12.6 Å². The molecule has 1 saturated heterocycles. The van der Waals surface area contributed by atoms with Crippen LogP contribution < -0.4 is 0 Å². The minimum absolute atomic E-state index is 0.116. The van der Waals surface area contributed by atoms with Crippen molar-refractivity contribution in [3.63, 3.8) is 0 Å². The zero-order valence-corrected chi connectivity index (χ0v) is 10.5. The van der Waals surface area contributed by atoms with Crippen molar-refractivity contribution in [2.75, 3.05) is 13.1 Å². The van der Waals surface area contributed by atoms with Crippen molar-refractivity contribution in [1.82, 2.24) is 4.90 Å². The van der Waals surface area contributed by atoms with Crippen LogP contribution in [0.4, 0.5) is 4.39 Å². The molecule has 0 aromatic heterocycles. The largest absolute Gasteiger partial charge is 0.481 e. The number of benzene rings is 1. The van der Waals surface area contributed by atoms with Gasteiger partial charge in [-0.1, -0.05) is 19.1 Å². The average Bonchev–Trinajstić information content (AvgIpc) is 2.80. The molecule has 1 aliphatic heterocycles. The molecule has 3 nitrogen and oxygen atoms in total. The first-order valence-electron chi connectivity index (χ1n) is 6.34. The van der Waals surface area contributed by atoms with Crippen LogP contribution in [0.3, 0.4) is 0 Å². The molecule has 0 bridgehead atoms. The number of nitrogens with zero attached hydrogens (tertiary/aromatic N) is 1. The number of carbonyl (C=O) groups is 1. The highest BCUT2D eigenvalue weighted by Crippen LogP contribution is 2.30. The summed E-state index contributed by atoms with van der Waals surface area (Å²) in [6.45, 7) is 3.38. The van der Waals surface area contributed by atoms with E-state index >= 15 is 0 Å². The van der Waals surface area contributed by atoms with Gasteiger partial charge in [-0.25, -0.2) is 4.39 Å². The average molecular weight is 251 g/mol. The van der Waals surface area contributed by atoms with E-state index < -0.39 is 5.97 Å². The fraction of sp³-hybridized carbons (Fsp3) is 0.500. The van der Waals surface area contributed by atoms with Crippen LogP contribution in [0.5, 0.6) is 0 Å². The summed E-state index contributed by atoms with van der Waals surface area (Å²) in [7, 11) is 0. The molecule has 1 N–H and O–H groups in total. The van der Waals surface area contributed by atoms with E-state index in [2.05, 4.69) is 4.90 Å². The molecule has 1 aromatic rings. The van der Waals surface area contributed by atoms with E-state index in [9.17, 15) is 9.18 Å². The Bertz CT molecular complexity index is 436. The lowest BCUT2D eigenvalue weighted by Crippen LogP contribution is -2.27. The summed E-state index contributed by atoms with van der Waals surface area (Å²) in [6.07, 6.45) is 1.54. The molecule has 98 valence electrons. The SMILES string of the molecule is CCC(c1cccc(F)c1)N1CCC(C(=O)O)C1. The van der Waals surface area contributed by atoms with Crippen LogP contribution in [-0.2, 0) is 4.79 Å². The van der Waals surface area contributed by atoms with Crippen molar-refractivity contribution in [1.29, 1.82) is 0 Å². The Kier molecular flexibility index (Phi) is 3.97. The van der Waals surface area contributed by atoms with Crippen molar-refractivity contribution >= 4 is 5.97 Å². The summed E-state index contributed by atoms with van der Waals surface area (Å²) >= 11 is 0. The molecule has 18 heavy (non-hydrogen) atoms. The van der Waals surface area contributed by atoms with Gasteiger partial charge in [-0.3, -0.25) is 9.69 Å². The number of hydrogen-bond donors (Lipinski definition) is 1. The van der Waals surface area contributed by atoms with E-state index in [-0.39, 0.29) is 17.8 Å². The van der Waals surface area contributed by atoms with Crippen LogP contribution in [-0.4, -0.2) is 29.1 Å². The quantitative estimate of drug-likeness (QED) is 0.894. The van der Waals surface area contributed by atoms with E-state index in [1.807, 2.05) is 13.0 Å². The second kappa shape index (κ2) is 5.48. The number of likely N-dealkylation sites (tertiary alicyclic amines) is 1. The Morgan fingerprint density at radius 2 is 2.39 bits per heavy atom. The van der Waals surface area contributed by atoms with Gasteiger partial charge in [-0.2, -0.15) is 0 Å². The Balaban J connectivity index is 2.13. The molecule has 0 amide bonds. The number of carboxylic acid groups (broad SMARTS) is 1. The number of carboxylic acids is 1. The number of aliphatic carboxylic acids is 1. The van der Waals surface area contributed by atoms with Crippen LogP contribution in [0.15, 0.2) is 24.3 Å². The van der Waals surface area contributed by atoms with Gasteiger partial charge in [0.15, 0.2) is 0 Å². The topological polar surface area (TPSA) is 40.5 Å². The maximum absolute atomic E-state index is 13.2. The fourth-order valence-electron chi connectivity index (χ4n) is 2.69. The van der Waals surface area contributed by atoms with Crippen LogP contribution in [0, 0.1) is 11.7 Å². The number of hydrogen-bond acceptors (Lipinski definition) is 2. The molecular formula is C14H18FNO2. The van der Waals surface area contributed by atoms with Gasteiger partial charge in [0.2, 0.25) is 0 Å². The first-order valence-corrected chi connectivity index (χ1v) is 6.34. The summed E-state index contributed by atoms with van der Waals surface area (Å²) in [4.78, 5) is 13.1. The molecule has 1 aliphatic rings. The molecule has 2 unspecified atom stereocenters. The molecule has 2 atom stereocenters. The molecular weight excluding hydrogens is 233 g/mol. The Labute approximate surface area is 106 Å². The maximum atomic E-state index is 13.2. The number of halogens is 1. The summed E-state index contributed by atoms with van der Waals surface area (Å²) < 4.78 is 13.2. The van der Waals surface area contributed by atoms with Gasteiger partial charge >= 0.3 is 5.97 Å². The van der Waals surface area contributed by atoms with Gasteiger partial charge in [-0.05, 0) is 37.1 Å². The summed E-state index contributed by atoms with van der Waals surface area (Å²) in [5.41, 5.74) is 0.934. The molecule has 4 heteroatoms. The molecule has 2 rings (SSSR count). The van der Waals surface area contributed by atoms with E-state index in [1.54, 1.807) is 12.1 Å². The lowest BCUT2D eigenvalue weighted by atomic mass is 10.0. The molecule has 0 spiro atoms. The van der Waals surface area contributed by atoms with Gasteiger partial charge < -0.3 is 5.11 Å². The molecule has 1 fully saturated rings. The first kappa shape index (κ1) is 13.0. The van der Waals surface area contributed by atoms with E-state index in [0.717, 1.165) is 18.5 Å². The minimum Gasteiger partial charge on any atom is -0.481 e. The molecule has 1 heterocycles. The zero-order valence-electron chi connectivity index (χ0n) is 10.5. The monoisotopic (exact) mass is 251 g/mol. The van der Waals surface area contributed by atoms with Crippen LogP contribution in [0.2, 0.25) is 0 Å². The van der Waals surface area contributed by atoms with Crippen molar-refractivity contribution in [3.05, 3.63) is 35.6 Å². The highest BCUT2D eigenvalue weighted by molar-refractivity contribution is 5.70. The van der Waals surface area contributed by atoms with E-state index in [0.29, 0.717) is 13.0 Å². The van der Waals surface area contributed by atoms with E-state index in [4.69, 9.17) is 5.11 Å². The third-order valence-electron chi connectivity index (χ3n) is 3.63. The molecule has 0 saturated carbocycles. The zero-order chi connectivity index (χ0) is 13.1. The van der Waals surface area contributed by atoms with E-state index in [1.165, 1.54) is 6.07 Å². The lowest BCUT2D eigenvalue weighted by Gasteiger charge is -2.27. The van der Waals surface area contributed by atoms with Crippen LogP contribution in [0.1, 0.15) is 31.4 Å². The maximum Gasteiger partial charge on any atom is 0.307 e. The van der Waals surface area contributed by atoms with Crippen LogP contribution >= 0.6 is 0 Å².